The van der Waals surface area contributed by atoms with Gasteiger partial charge in [-0.1, -0.05) is 30.3 Å². The monoisotopic (exact) mass is 264 g/mol. The molecule has 1 aromatic carbocycles. The lowest BCUT2D eigenvalue weighted by Crippen LogP contribution is -2.06. The Morgan fingerprint density at radius 3 is 2.75 bits per heavy atom. The number of H-pyrrole nitrogens is 1. The molecule has 100 valence electrons. The van der Waals surface area contributed by atoms with Gasteiger partial charge in [0.1, 0.15) is 5.82 Å². The Kier molecular flexibility index (Phi) is 3.73. The summed E-state index contributed by atoms with van der Waals surface area (Å²) < 4.78 is 0. The highest BCUT2D eigenvalue weighted by Gasteiger charge is 2.01. The van der Waals surface area contributed by atoms with E-state index in [2.05, 4.69) is 44.5 Å². The highest BCUT2D eigenvalue weighted by Crippen LogP contribution is 2.18. The van der Waals surface area contributed by atoms with Crippen molar-refractivity contribution in [2.24, 2.45) is 0 Å². The van der Waals surface area contributed by atoms with E-state index in [-0.39, 0.29) is 0 Å². The van der Waals surface area contributed by atoms with Crippen LogP contribution in [0.15, 0.2) is 61.2 Å². The van der Waals surface area contributed by atoms with Gasteiger partial charge in [-0.3, -0.25) is 0 Å². The van der Waals surface area contributed by atoms with Gasteiger partial charge >= 0.3 is 0 Å². The number of aromatic nitrogens is 3. The SMILES string of the molecule is c1ccc(CCNc2cc(-c3c[nH]cn3)ccn2)cc1. The predicted octanol–water partition coefficient (Wildman–Crippen LogP) is 3.13. The van der Waals surface area contributed by atoms with Crippen LogP contribution in [0.5, 0.6) is 0 Å². The Labute approximate surface area is 117 Å². The molecule has 2 N–H and O–H groups in total. The lowest BCUT2D eigenvalue weighted by molar-refractivity contribution is 1.01. The van der Waals surface area contributed by atoms with Gasteiger partial charge in [-0.25, -0.2) is 9.97 Å². The molecular formula is C16H16N4. The zero-order valence-electron chi connectivity index (χ0n) is 11.1. The van der Waals surface area contributed by atoms with Crippen molar-refractivity contribution in [3.05, 3.63) is 66.7 Å². The summed E-state index contributed by atoms with van der Waals surface area (Å²) >= 11 is 0. The third-order valence-electron chi connectivity index (χ3n) is 3.12. The van der Waals surface area contributed by atoms with Gasteiger partial charge in [0.05, 0.1) is 12.0 Å². The van der Waals surface area contributed by atoms with Gasteiger partial charge in [0.2, 0.25) is 0 Å². The molecule has 4 heteroatoms. The number of pyridine rings is 1. The minimum absolute atomic E-state index is 0.862. The molecule has 0 saturated carbocycles. The quantitative estimate of drug-likeness (QED) is 0.744. The first kappa shape index (κ1) is 12.4. The van der Waals surface area contributed by atoms with E-state index in [1.807, 2.05) is 24.4 Å². The number of hydrogen-bond acceptors (Lipinski definition) is 3. The molecule has 0 aliphatic rings. The van der Waals surface area contributed by atoms with Crippen LogP contribution < -0.4 is 5.32 Å². The third kappa shape index (κ3) is 3.03. The Morgan fingerprint density at radius 1 is 1.05 bits per heavy atom. The number of aromatic amines is 1. The Balaban J connectivity index is 1.62. The Morgan fingerprint density at radius 2 is 1.95 bits per heavy atom. The molecule has 20 heavy (non-hydrogen) atoms. The van der Waals surface area contributed by atoms with E-state index in [0.29, 0.717) is 0 Å². The molecule has 0 saturated heterocycles. The lowest BCUT2D eigenvalue weighted by atomic mass is 10.1. The molecule has 0 aliphatic carbocycles. The van der Waals surface area contributed by atoms with Crippen LogP contribution >= 0.6 is 0 Å². The number of nitrogens with one attached hydrogen (secondary N) is 2. The summed E-state index contributed by atoms with van der Waals surface area (Å²) in [5, 5.41) is 3.35. The topological polar surface area (TPSA) is 53.6 Å². The Hall–Kier alpha value is -2.62. The second-order valence-corrected chi connectivity index (χ2v) is 4.55. The fraction of sp³-hybridized carbons (Fsp3) is 0.125. The van der Waals surface area contributed by atoms with Crippen LogP contribution in [0, 0.1) is 0 Å². The number of hydrogen-bond donors (Lipinski definition) is 2. The maximum Gasteiger partial charge on any atom is 0.126 e. The fourth-order valence-corrected chi connectivity index (χ4v) is 2.08. The molecule has 0 aliphatic heterocycles. The second-order valence-electron chi connectivity index (χ2n) is 4.55. The third-order valence-corrected chi connectivity index (χ3v) is 3.12. The summed E-state index contributed by atoms with van der Waals surface area (Å²) in [7, 11) is 0. The van der Waals surface area contributed by atoms with Crippen LogP contribution in [0.1, 0.15) is 5.56 Å². The Bertz CT molecular complexity index is 647. The molecule has 0 fully saturated rings. The van der Waals surface area contributed by atoms with E-state index in [9.17, 15) is 0 Å². The largest absolute Gasteiger partial charge is 0.370 e. The average molecular weight is 264 g/mol. The maximum atomic E-state index is 4.33. The summed E-state index contributed by atoms with van der Waals surface area (Å²) in [6, 6.07) is 14.4. The van der Waals surface area contributed by atoms with Gasteiger partial charge in [-0.15, -0.1) is 0 Å². The van der Waals surface area contributed by atoms with Gasteiger partial charge in [0.15, 0.2) is 0 Å². The van der Waals surface area contributed by atoms with Crippen LogP contribution in [0.4, 0.5) is 5.82 Å². The predicted molar refractivity (Wildman–Crippen MR) is 80.5 cm³/mol. The van der Waals surface area contributed by atoms with Crippen molar-refractivity contribution in [2.45, 2.75) is 6.42 Å². The van der Waals surface area contributed by atoms with E-state index in [1.165, 1.54) is 5.56 Å². The highest BCUT2D eigenvalue weighted by molar-refractivity contribution is 5.61. The van der Waals surface area contributed by atoms with Crippen LogP contribution in [0.25, 0.3) is 11.3 Å². The maximum absolute atomic E-state index is 4.33. The molecule has 0 bridgehead atoms. The lowest BCUT2D eigenvalue weighted by Gasteiger charge is -2.06. The van der Waals surface area contributed by atoms with Gasteiger partial charge in [0.25, 0.3) is 0 Å². The van der Waals surface area contributed by atoms with Crippen LogP contribution in [-0.4, -0.2) is 21.5 Å². The first-order valence-electron chi connectivity index (χ1n) is 6.65. The zero-order valence-corrected chi connectivity index (χ0v) is 11.1. The summed E-state index contributed by atoms with van der Waals surface area (Å²) in [5.41, 5.74) is 3.31. The van der Waals surface area contributed by atoms with E-state index < -0.39 is 0 Å². The van der Waals surface area contributed by atoms with Crippen molar-refractivity contribution in [2.75, 3.05) is 11.9 Å². The van der Waals surface area contributed by atoms with Gasteiger partial charge < -0.3 is 10.3 Å². The molecule has 4 nitrogen and oxygen atoms in total. The molecule has 0 spiro atoms. The number of imidazole rings is 1. The molecule has 3 aromatic rings. The average Bonchev–Trinajstić information content (AvgIpc) is 3.03. The number of anilines is 1. The number of benzene rings is 1. The van der Waals surface area contributed by atoms with Gasteiger partial charge in [0, 0.05) is 24.5 Å². The van der Waals surface area contributed by atoms with E-state index in [0.717, 1.165) is 30.0 Å². The highest BCUT2D eigenvalue weighted by atomic mass is 15.0. The van der Waals surface area contributed by atoms with Gasteiger partial charge in [-0.05, 0) is 24.1 Å². The molecule has 0 atom stereocenters. The number of nitrogens with zero attached hydrogens (tertiary/aromatic N) is 2. The smallest absolute Gasteiger partial charge is 0.126 e. The molecule has 0 radical (unpaired) electrons. The minimum Gasteiger partial charge on any atom is -0.370 e. The summed E-state index contributed by atoms with van der Waals surface area (Å²) in [6.45, 7) is 0.862. The second kappa shape index (κ2) is 6.02. The molecule has 3 rings (SSSR count). The fourth-order valence-electron chi connectivity index (χ4n) is 2.08. The molecule has 2 heterocycles. The van der Waals surface area contributed by atoms with E-state index >= 15 is 0 Å². The first-order chi connectivity index (χ1) is 9.92. The van der Waals surface area contributed by atoms with Crippen molar-refractivity contribution in [3.63, 3.8) is 0 Å². The minimum atomic E-state index is 0.862. The van der Waals surface area contributed by atoms with E-state index in [1.54, 1.807) is 12.5 Å². The van der Waals surface area contributed by atoms with Crippen molar-refractivity contribution in [3.8, 4) is 11.3 Å². The van der Waals surface area contributed by atoms with E-state index in [4.69, 9.17) is 0 Å². The van der Waals surface area contributed by atoms with Crippen molar-refractivity contribution in [1.29, 1.82) is 0 Å². The number of rotatable bonds is 5. The first-order valence-corrected chi connectivity index (χ1v) is 6.65. The van der Waals surface area contributed by atoms with Crippen LogP contribution in [0.2, 0.25) is 0 Å². The van der Waals surface area contributed by atoms with Crippen LogP contribution in [-0.2, 0) is 6.42 Å². The van der Waals surface area contributed by atoms with Gasteiger partial charge in [-0.2, -0.15) is 0 Å². The zero-order chi connectivity index (χ0) is 13.6. The van der Waals surface area contributed by atoms with Crippen molar-refractivity contribution < 1.29 is 0 Å². The normalized spacial score (nSPS) is 10.4. The molecule has 0 unspecified atom stereocenters. The molecule has 2 aromatic heterocycles. The molecular weight excluding hydrogens is 248 g/mol. The summed E-state index contributed by atoms with van der Waals surface area (Å²) in [4.78, 5) is 11.5. The van der Waals surface area contributed by atoms with Crippen molar-refractivity contribution >= 4 is 5.82 Å². The molecule has 0 amide bonds. The van der Waals surface area contributed by atoms with Crippen molar-refractivity contribution in [1.82, 2.24) is 15.0 Å². The summed E-state index contributed by atoms with van der Waals surface area (Å²) in [5.74, 6) is 0.876. The standard InChI is InChI=1S/C16H16N4/c1-2-4-13(5-3-1)6-8-18-16-10-14(7-9-19-16)15-11-17-12-20-15/h1-5,7,9-12H,6,8H2,(H,17,20)(H,18,19). The summed E-state index contributed by atoms with van der Waals surface area (Å²) in [6.07, 6.45) is 6.34. The van der Waals surface area contributed by atoms with Crippen LogP contribution in [0.3, 0.4) is 0 Å².